The van der Waals surface area contributed by atoms with Gasteiger partial charge in [0.05, 0.1) is 4.87 Å². The summed E-state index contributed by atoms with van der Waals surface area (Å²) in [5.74, 6) is 0.599. The van der Waals surface area contributed by atoms with E-state index in [9.17, 15) is 9.59 Å². The Morgan fingerprint density at radius 2 is 1.96 bits per heavy atom. The lowest BCUT2D eigenvalue weighted by atomic mass is 10.0. The lowest BCUT2D eigenvalue weighted by Gasteiger charge is -2.44. The van der Waals surface area contributed by atoms with E-state index in [0.29, 0.717) is 5.75 Å². The standard InChI is InChI=1S/C19H27N3O2S/c1-4-15-7-5-6-8-16(15)20-18(24)17-13-25-19(22(17)14(2)23)9-11-21(3)12-10-19/h5-8,17H,4,9-13H2,1-3H3,(H,20,24). The van der Waals surface area contributed by atoms with E-state index in [-0.39, 0.29) is 16.7 Å². The van der Waals surface area contributed by atoms with E-state index in [1.54, 1.807) is 18.7 Å². The molecule has 1 N–H and O–H groups in total. The van der Waals surface area contributed by atoms with Crippen LogP contribution in [0.2, 0.25) is 0 Å². The maximum atomic E-state index is 13.0. The van der Waals surface area contributed by atoms with Crippen LogP contribution < -0.4 is 5.32 Å². The molecule has 136 valence electrons. The van der Waals surface area contributed by atoms with Crippen molar-refractivity contribution in [2.45, 2.75) is 44.0 Å². The number of anilines is 1. The summed E-state index contributed by atoms with van der Waals surface area (Å²) in [5.41, 5.74) is 1.97. The van der Waals surface area contributed by atoms with Crippen molar-refractivity contribution >= 4 is 29.3 Å². The Kier molecular flexibility index (Phi) is 5.39. The van der Waals surface area contributed by atoms with Crippen molar-refractivity contribution in [3.63, 3.8) is 0 Å². The van der Waals surface area contributed by atoms with Gasteiger partial charge in [-0.15, -0.1) is 11.8 Å². The number of piperidine rings is 1. The number of aryl methyl sites for hydroxylation is 1. The van der Waals surface area contributed by atoms with Crippen LogP contribution in [0.25, 0.3) is 0 Å². The molecule has 1 unspecified atom stereocenters. The molecule has 2 heterocycles. The molecular formula is C19H27N3O2S. The minimum atomic E-state index is -0.393. The Morgan fingerprint density at radius 3 is 2.60 bits per heavy atom. The Labute approximate surface area is 154 Å². The van der Waals surface area contributed by atoms with E-state index in [0.717, 1.165) is 43.6 Å². The van der Waals surface area contributed by atoms with Gasteiger partial charge in [0.1, 0.15) is 6.04 Å². The SMILES string of the molecule is CCc1ccccc1NC(=O)C1CSC2(CCN(C)CC2)N1C(C)=O. The first-order valence-electron chi connectivity index (χ1n) is 8.98. The van der Waals surface area contributed by atoms with Gasteiger partial charge in [-0.2, -0.15) is 0 Å². The fourth-order valence-electron chi connectivity index (χ4n) is 3.88. The van der Waals surface area contributed by atoms with Crippen LogP contribution in [0.1, 0.15) is 32.3 Å². The number of carbonyl (C=O) groups is 2. The zero-order valence-corrected chi connectivity index (χ0v) is 16.1. The molecule has 0 bridgehead atoms. The van der Waals surface area contributed by atoms with E-state index >= 15 is 0 Å². The third kappa shape index (κ3) is 3.55. The molecule has 1 spiro atoms. The second kappa shape index (κ2) is 7.38. The van der Waals surface area contributed by atoms with Crippen LogP contribution in [-0.4, -0.2) is 58.4 Å². The van der Waals surface area contributed by atoms with Crippen molar-refractivity contribution in [2.24, 2.45) is 0 Å². The normalized spacial score (nSPS) is 23.0. The largest absolute Gasteiger partial charge is 0.324 e. The first kappa shape index (κ1) is 18.3. The van der Waals surface area contributed by atoms with Crippen molar-refractivity contribution in [3.05, 3.63) is 29.8 Å². The number of rotatable bonds is 3. The summed E-state index contributed by atoms with van der Waals surface area (Å²) >= 11 is 1.78. The summed E-state index contributed by atoms with van der Waals surface area (Å²) < 4.78 is 0. The van der Waals surface area contributed by atoms with Crippen LogP contribution in [0, 0.1) is 0 Å². The molecule has 6 heteroatoms. The Hall–Kier alpha value is -1.53. The molecule has 2 fully saturated rings. The zero-order chi connectivity index (χ0) is 18.0. The van der Waals surface area contributed by atoms with Crippen LogP contribution in [0.15, 0.2) is 24.3 Å². The summed E-state index contributed by atoms with van der Waals surface area (Å²) in [6.45, 7) is 5.59. The van der Waals surface area contributed by atoms with Crippen LogP contribution >= 0.6 is 11.8 Å². The molecule has 0 saturated carbocycles. The molecule has 1 aromatic carbocycles. The van der Waals surface area contributed by atoms with Gasteiger partial charge in [0.2, 0.25) is 11.8 Å². The van der Waals surface area contributed by atoms with Gasteiger partial charge in [0.15, 0.2) is 0 Å². The van der Waals surface area contributed by atoms with E-state index < -0.39 is 6.04 Å². The van der Waals surface area contributed by atoms with Crippen LogP contribution in [0.3, 0.4) is 0 Å². The van der Waals surface area contributed by atoms with E-state index in [1.165, 1.54) is 0 Å². The summed E-state index contributed by atoms with van der Waals surface area (Å²) in [7, 11) is 2.11. The van der Waals surface area contributed by atoms with Crippen molar-refractivity contribution in [1.29, 1.82) is 0 Å². The predicted octanol–water partition coefficient (Wildman–Crippen LogP) is 2.57. The first-order chi connectivity index (χ1) is 12.0. The van der Waals surface area contributed by atoms with Gasteiger partial charge < -0.3 is 15.1 Å². The number of nitrogens with zero attached hydrogens (tertiary/aromatic N) is 2. The van der Waals surface area contributed by atoms with Crippen LogP contribution in [0.5, 0.6) is 0 Å². The molecule has 1 atom stereocenters. The predicted molar refractivity (Wildman–Crippen MR) is 103 cm³/mol. The fourth-order valence-corrected chi connectivity index (χ4v) is 5.52. The molecule has 2 amide bonds. The molecule has 1 aromatic rings. The molecule has 2 saturated heterocycles. The highest BCUT2D eigenvalue weighted by atomic mass is 32.2. The van der Waals surface area contributed by atoms with Gasteiger partial charge in [0.25, 0.3) is 0 Å². The number of hydrogen-bond acceptors (Lipinski definition) is 4. The average molecular weight is 362 g/mol. The highest BCUT2D eigenvalue weighted by Crippen LogP contribution is 2.46. The summed E-state index contributed by atoms with van der Waals surface area (Å²) in [4.78, 5) is 29.3. The number of para-hydroxylation sites is 1. The second-order valence-corrected chi connectivity index (χ2v) is 8.35. The van der Waals surface area contributed by atoms with E-state index in [2.05, 4.69) is 24.2 Å². The summed E-state index contributed by atoms with van der Waals surface area (Å²) in [5, 5.41) is 3.06. The second-order valence-electron chi connectivity index (χ2n) is 6.97. The number of carbonyl (C=O) groups excluding carboxylic acids is 2. The Balaban J connectivity index is 1.79. The maximum Gasteiger partial charge on any atom is 0.248 e. The minimum Gasteiger partial charge on any atom is -0.324 e. The van der Waals surface area contributed by atoms with Gasteiger partial charge in [-0.25, -0.2) is 0 Å². The van der Waals surface area contributed by atoms with Crippen molar-refractivity contribution in [1.82, 2.24) is 9.80 Å². The monoisotopic (exact) mass is 361 g/mol. The number of benzene rings is 1. The molecule has 2 aliphatic rings. The Bertz CT molecular complexity index is 656. The highest BCUT2D eigenvalue weighted by molar-refractivity contribution is 8.01. The fraction of sp³-hybridized carbons (Fsp3) is 0.579. The third-order valence-corrected chi connectivity index (χ3v) is 6.95. The molecule has 0 aliphatic carbocycles. The highest BCUT2D eigenvalue weighted by Gasteiger charge is 2.51. The van der Waals surface area contributed by atoms with Crippen molar-refractivity contribution < 1.29 is 9.59 Å². The average Bonchev–Trinajstić information content (AvgIpc) is 2.97. The maximum absolute atomic E-state index is 13.0. The van der Waals surface area contributed by atoms with Crippen LogP contribution in [0.4, 0.5) is 5.69 Å². The minimum absolute atomic E-state index is 0.00141. The quantitative estimate of drug-likeness (QED) is 0.899. The van der Waals surface area contributed by atoms with E-state index in [4.69, 9.17) is 0 Å². The lowest BCUT2D eigenvalue weighted by molar-refractivity contribution is -0.140. The summed E-state index contributed by atoms with van der Waals surface area (Å²) in [6, 6.07) is 7.48. The van der Waals surface area contributed by atoms with Gasteiger partial charge in [-0.3, -0.25) is 9.59 Å². The van der Waals surface area contributed by atoms with Gasteiger partial charge >= 0.3 is 0 Å². The van der Waals surface area contributed by atoms with E-state index in [1.807, 2.05) is 29.2 Å². The Morgan fingerprint density at radius 1 is 1.28 bits per heavy atom. The van der Waals surface area contributed by atoms with Crippen LogP contribution in [-0.2, 0) is 16.0 Å². The molecule has 25 heavy (non-hydrogen) atoms. The molecular weight excluding hydrogens is 334 g/mol. The van der Waals surface area contributed by atoms with Crippen molar-refractivity contribution in [3.8, 4) is 0 Å². The van der Waals surface area contributed by atoms with Crippen molar-refractivity contribution in [2.75, 3.05) is 31.2 Å². The molecule has 3 rings (SSSR count). The first-order valence-corrected chi connectivity index (χ1v) is 9.96. The molecule has 0 radical (unpaired) electrons. The van der Waals surface area contributed by atoms with Gasteiger partial charge in [-0.05, 0) is 37.9 Å². The smallest absolute Gasteiger partial charge is 0.248 e. The number of hydrogen-bond donors (Lipinski definition) is 1. The third-order valence-electron chi connectivity index (χ3n) is 5.33. The summed E-state index contributed by atoms with van der Waals surface area (Å²) in [6.07, 6.45) is 2.70. The molecule has 5 nitrogen and oxygen atoms in total. The molecule has 2 aliphatic heterocycles. The lowest BCUT2D eigenvalue weighted by Crippen LogP contribution is -2.56. The van der Waals surface area contributed by atoms with Gasteiger partial charge in [0, 0.05) is 31.5 Å². The topological polar surface area (TPSA) is 52.7 Å². The zero-order valence-electron chi connectivity index (χ0n) is 15.2. The van der Waals surface area contributed by atoms with Gasteiger partial charge in [-0.1, -0.05) is 25.1 Å². The molecule has 0 aromatic heterocycles. The number of likely N-dealkylation sites (tertiary alicyclic amines) is 1. The number of amides is 2. The number of nitrogens with one attached hydrogen (secondary N) is 1. The number of thioether (sulfide) groups is 1.